The minimum absolute atomic E-state index is 0.0431. The number of hydrogen-bond acceptors (Lipinski definition) is 5. The van der Waals surface area contributed by atoms with Crippen LogP contribution in [0.2, 0.25) is 0 Å². The van der Waals surface area contributed by atoms with E-state index in [-0.39, 0.29) is 23.0 Å². The SMILES string of the molecule is O=C(Cc1csc(-c2cccc(F)c2)n1)Nc1ccc(S(=O)(=O)Nc2ccccc2)cc1. The highest BCUT2D eigenvalue weighted by Crippen LogP contribution is 2.25. The Balaban J connectivity index is 1.38. The standard InChI is InChI=1S/C23H18FN3O3S2/c24-17-6-4-5-16(13-17)23-26-20(15-31-23)14-22(28)25-18-9-11-21(12-10-18)32(29,30)27-19-7-2-1-3-8-19/h1-13,15,27H,14H2,(H,25,28). The molecule has 1 aromatic heterocycles. The first-order valence-electron chi connectivity index (χ1n) is 9.57. The van der Waals surface area contributed by atoms with Gasteiger partial charge in [0.25, 0.3) is 10.0 Å². The predicted octanol–water partition coefficient (Wildman–Crippen LogP) is 4.93. The minimum atomic E-state index is -3.73. The molecule has 1 heterocycles. The van der Waals surface area contributed by atoms with E-state index < -0.39 is 10.0 Å². The zero-order valence-corrected chi connectivity index (χ0v) is 18.3. The topological polar surface area (TPSA) is 88.2 Å². The van der Waals surface area contributed by atoms with Crippen LogP contribution in [0.3, 0.4) is 0 Å². The maximum atomic E-state index is 13.4. The van der Waals surface area contributed by atoms with Crippen molar-refractivity contribution in [3.63, 3.8) is 0 Å². The first-order chi connectivity index (χ1) is 15.4. The fourth-order valence-corrected chi connectivity index (χ4v) is 4.82. The molecule has 162 valence electrons. The second-order valence-electron chi connectivity index (χ2n) is 6.88. The minimum Gasteiger partial charge on any atom is -0.326 e. The molecule has 32 heavy (non-hydrogen) atoms. The van der Waals surface area contributed by atoms with Gasteiger partial charge in [-0.15, -0.1) is 11.3 Å². The van der Waals surface area contributed by atoms with Gasteiger partial charge in [0.05, 0.1) is 17.0 Å². The number of halogens is 1. The van der Waals surface area contributed by atoms with E-state index in [2.05, 4.69) is 15.0 Å². The highest BCUT2D eigenvalue weighted by molar-refractivity contribution is 7.92. The normalized spacial score (nSPS) is 11.2. The lowest BCUT2D eigenvalue weighted by atomic mass is 10.2. The number of thiazole rings is 1. The van der Waals surface area contributed by atoms with Gasteiger partial charge in [0, 0.05) is 22.3 Å². The van der Waals surface area contributed by atoms with E-state index in [4.69, 9.17) is 0 Å². The summed E-state index contributed by atoms with van der Waals surface area (Å²) in [5.74, 6) is -0.638. The summed E-state index contributed by atoms with van der Waals surface area (Å²) >= 11 is 1.33. The molecule has 1 amide bonds. The van der Waals surface area contributed by atoms with Gasteiger partial charge in [-0.1, -0.05) is 30.3 Å². The number of para-hydroxylation sites is 1. The molecule has 3 aromatic carbocycles. The maximum absolute atomic E-state index is 13.4. The molecular weight excluding hydrogens is 449 g/mol. The monoisotopic (exact) mass is 467 g/mol. The van der Waals surface area contributed by atoms with Crippen LogP contribution in [-0.4, -0.2) is 19.3 Å². The molecular formula is C23H18FN3O3S2. The summed E-state index contributed by atoms with van der Waals surface area (Å²) in [6, 6.07) is 20.6. The molecule has 0 atom stereocenters. The Morgan fingerprint density at radius 2 is 1.69 bits per heavy atom. The molecule has 4 rings (SSSR count). The molecule has 0 aliphatic carbocycles. The number of sulfonamides is 1. The highest BCUT2D eigenvalue weighted by Gasteiger charge is 2.15. The van der Waals surface area contributed by atoms with Crippen LogP contribution >= 0.6 is 11.3 Å². The average molecular weight is 468 g/mol. The molecule has 0 bridgehead atoms. The molecule has 0 unspecified atom stereocenters. The van der Waals surface area contributed by atoms with Crippen molar-refractivity contribution in [3.8, 4) is 10.6 Å². The number of carbonyl (C=O) groups excluding carboxylic acids is 1. The van der Waals surface area contributed by atoms with Gasteiger partial charge in [-0.25, -0.2) is 17.8 Å². The lowest BCUT2D eigenvalue weighted by Crippen LogP contribution is -2.15. The highest BCUT2D eigenvalue weighted by atomic mass is 32.2. The van der Waals surface area contributed by atoms with Crippen molar-refractivity contribution in [2.45, 2.75) is 11.3 Å². The molecule has 0 aliphatic rings. The molecule has 0 saturated heterocycles. The fraction of sp³-hybridized carbons (Fsp3) is 0.0435. The number of rotatable bonds is 7. The lowest BCUT2D eigenvalue weighted by Gasteiger charge is -2.09. The summed E-state index contributed by atoms with van der Waals surface area (Å²) in [4.78, 5) is 16.8. The van der Waals surface area contributed by atoms with Crippen molar-refractivity contribution < 1.29 is 17.6 Å². The number of nitrogens with one attached hydrogen (secondary N) is 2. The molecule has 0 aliphatic heterocycles. The van der Waals surface area contributed by atoms with E-state index in [9.17, 15) is 17.6 Å². The number of carbonyl (C=O) groups is 1. The Bertz CT molecular complexity index is 1340. The number of nitrogens with zero attached hydrogens (tertiary/aromatic N) is 1. The third-order valence-electron chi connectivity index (χ3n) is 4.44. The van der Waals surface area contributed by atoms with Crippen molar-refractivity contribution in [1.82, 2.24) is 4.98 Å². The van der Waals surface area contributed by atoms with Gasteiger partial charge in [-0.3, -0.25) is 9.52 Å². The van der Waals surface area contributed by atoms with E-state index in [1.165, 1.54) is 47.7 Å². The van der Waals surface area contributed by atoms with Crippen LogP contribution in [0.15, 0.2) is 89.1 Å². The Hall–Kier alpha value is -3.56. The second kappa shape index (κ2) is 9.29. The van der Waals surface area contributed by atoms with Crippen molar-refractivity contribution in [2.24, 2.45) is 0 Å². The molecule has 0 saturated carbocycles. The quantitative estimate of drug-likeness (QED) is 0.403. The van der Waals surface area contributed by atoms with E-state index in [0.29, 0.717) is 27.6 Å². The van der Waals surface area contributed by atoms with E-state index in [1.54, 1.807) is 47.8 Å². The van der Waals surface area contributed by atoms with Gasteiger partial charge in [0.1, 0.15) is 10.8 Å². The molecule has 6 nitrogen and oxygen atoms in total. The zero-order valence-electron chi connectivity index (χ0n) is 16.7. The van der Waals surface area contributed by atoms with Crippen LogP contribution in [0.5, 0.6) is 0 Å². The smallest absolute Gasteiger partial charge is 0.261 e. The number of hydrogen-bond donors (Lipinski definition) is 2. The molecule has 4 aromatic rings. The number of benzene rings is 3. The van der Waals surface area contributed by atoms with Gasteiger partial charge >= 0.3 is 0 Å². The summed E-state index contributed by atoms with van der Waals surface area (Å²) in [5, 5.41) is 5.11. The molecule has 0 spiro atoms. The van der Waals surface area contributed by atoms with Crippen LogP contribution in [0, 0.1) is 5.82 Å². The molecule has 0 fully saturated rings. The largest absolute Gasteiger partial charge is 0.326 e. The number of anilines is 2. The van der Waals surface area contributed by atoms with E-state index in [0.717, 1.165) is 0 Å². The Kier molecular flexibility index (Phi) is 6.29. The van der Waals surface area contributed by atoms with Crippen LogP contribution in [0.4, 0.5) is 15.8 Å². The molecule has 9 heteroatoms. The van der Waals surface area contributed by atoms with E-state index in [1.807, 2.05) is 0 Å². The van der Waals surface area contributed by atoms with Crippen LogP contribution in [0.25, 0.3) is 10.6 Å². The van der Waals surface area contributed by atoms with Crippen LogP contribution in [0.1, 0.15) is 5.69 Å². The van der Waals surface area contributed by atoms with Gasteiger partial charge in [-0.05, 0) is 48.5 Å². The van der Waals surface area contributed by atoms with Crippen molar-refractivity contribution in [3.05, 3.63) is 95.8 Å². The van der Waals surface area contributed by atoms with Gasteiger partial charge < -0.3 is 5.32 Å². The summed E-state index contributed by atoms with van der Waals surface area (Å²) in [6.07, 6.45) is 0.0431. The summed E-state index contributed by atoms with van der Waals surface area (Å²) in [5.41, 5.74) is 2.15. The van der Waals surface area contributed by atoms with Crippen molar-refractivity contribution in [2.75, 3.05) is 10.0 Å². The Morgan fingerprint density at radius 3 is 2.41 bits per heavy atom. The summed E-state index contributed by atoms with van der Waals surface area (Å²) in [7, 11) is -3.73. The second-order valence-corrected chi connectivity index (χ2v) is 9.42. The summed E-state index contributed by atoms with van der Waals surface area (Å²) in [6.45, 7) is 0. The van der Waals surface area contributed by atoms with Gasteiger partial charge in [0.15, 0.2) is 0 Å². The lowest BCUT2D eigenvalue weighted by molar-refractivity contribution is -0.115. The predicted molar refractivity (Wildman–Crippen MR) is 124 cm³/mol. The van der Waals surface area contributed by atoms with Crippen LogP contribution < -0.4 is 10.0 Å². The molecule has 0 radical (unpaired) electrons. The fourth-order valence-electron chi connectivity index (χ4n) is 2.95. The molecule has 2 N–H and O–H groups in total. The van der Waals surface area contributed by atoms with Crippen molar-refractivity contribution in [1.29, 1.82) is 0 Å². The summed E-state index contributed by atoms with van der Waals surface area (Å²) < 4.78 is 40.9. The zero-order chi connectivity index (χ0) is 22.6. The average Bonchev–Trinajstić information content (AvgIpc) is 3.23. The Morgan fingerprint density at radius 1 is 0.938 bits per heavy atom. The third-order valence-corrected chi connectivity index (χ3v) is 6.78. The van der Waals surface area contributed by atoms with Gasteiger partial charge in [-0.2, -0.15) is 0 Å². The van der Waals surface area contributed by atoms with Crippen LogP contribution in [-0.2, 0) is 21.2 Å². The number of aromatic nitrogens is 1. The number of amides is 1. The van der Waals surface area contributed by atoms with Crippen molar-refractivity contribution >= 4 is 38.6 Å². The Labute approximate surface area is 188 Å². The first-order valence-corrected chi connectivity index (χ1v) is 11.9. The first kappa shape index (κ1) is 21.7. The van der Waals surface area contributed by atoms with E-state index >= 15 is 0 Å². The maximum Gasteiger partial charge on any atom is 0.261 e. The third kappa shape index (κ3) is 5.37. The van der Waals surface area contributed by atoms with Gasteiger partial charge in [0.2, 0.25) is 5.91 Å².